The first-order chi connectivity index (χ1) is 14.0. The molecule has 0 atom stereocenters. The number of carbonyl (C=O) groups is 3. The lowest BCUT2D eigenvalue weighted by Gasteiger charge is -2.31. The van der Waals surface area contributed by atoms with E-state index in [4.69, 9.17) is 4.74 Å². The fourth-order valence-corrected chi connectivity index (χ4v) is 3.56. The highest BCUT2D eigenvalue weighted by Crippen LogP contribution is 2.21. The van der Waals surface area contributed by atoms with Gasteiger partial charge >= 0.3 is 5.97 Å². The van der Waals surface area contributed by atoms with E-state index in [9.17, 15) is 14.4 Å². The average molecular weight is 394 g/mol. The van der Waals surface area contributed by atoms with E-state index in [2.05, 4.69) is 5.32 Å². The summed E-state index contributed by atoms with van der Waals surface area (Å²) in [6.07, 6.45) is 1.65. The van der Waals surface area contributed by atoms with E-state index in [0.717, 1.165) is 11.1 Å². The molecule has 1 heterocycles. The maximum Gasteiger partial charge on any atom is 0.337 e. The van der Waals surface area contributed by atoms with Gasteiger partial charge in [0.1, 0.15) is 0 Å². The molecule has 1 N–H and O–H groups in total. The minimum absolute atomic E-state index is 0.0852. The molecule has 2 aromatic carbocycles. The SMILES string of the molecule is COC(=O)c1cccc(NC(=O)C2CCN(C(=O)Cc3ccccc3C)CC2)c1. The van der Waals surface area contributed by atoms with Gasteiger partial charge in [-0.25, -0.2) is 4.79 Å². The Hall–Kier alpha value is -3.15. The molecule has 2 aromatic rings. The molecule has 2 amide bonds. The second-order valence-electron chi connectivity index (χ2n) is 7.32. The number of hydrogen-bond acceptors (Lipinski definition) is 4. The molecule has 0 bridgehead atoms. The van der Waals surface area contributed by atoms with Gasteiger partial charge in [-0.3, -0.25) is 9.59 Å². The van der Waals surface area contributed by atoms with Gasteiger partial charge in [0.05, 0.1) is 19.1 Å². The predicted octanol–water partition coefficient (Wildman–Crippen LogP) is 3.20. The first-order valence-electron chi connectivity index (χ1n) is 9.79. The molecule has 0 aliphatic carbocycles. The Morgan fingerprint density at radius 3 is 2.48 bits per heavy atom. The number of hydrogen-bond donors (Lipinski definition) is 1. The molecule has 3 rings (SSSR count). The summed E-state index contributed by atoms with van der Waals surface area (Å²) < 4.78 is 4.71. The smallest absolute Gasteiger partial charge is 0.337 e. The Morgan fingerprint density at radius 2 is 1.79 bits per heavy atom. The lowest BCUT2D eigenvalue weighted by atomic mass is 9.95. The van der Waals surface area contributed by atoms with Crippen LogP contribution < -0.4 is 5.32 Å². The lowest BCUT2D eigenvalue weighted by molar-refractivity contribution is -0.133. The molecule has 152 valence electrons. The highest BCUT2D eigenvalue weighted by molar-refractivity contribution is 5.95. The lowest BCUT2D eigenvalue weighted by Crippen LogP contribution is -2.42. The predicted molar refractivity (Wildman–Crippen MR) is 111 cm³/mol. The summed E-state index contributed by atoms with van der Waals surface area (Å²) in [6.45, 7) is 3.16. The second kappa shape index (κ2) is 9.37. The molecule has 0 aromatic heterocycles. The molecule has 29 heavy (non-hydrogen) atoms. The summed E-state index contributed by atoms with van der Waals surface area (Å²) >= 11 is 0. The van der Waals surface area contributed by atoms with Crippen LogP contribution in [0.5, 0.6) is 0 Å². The number of rotatable bonds is 5. The Morgan fingerprint density at radius 1 is 1.07 bits per heavy atom. The van der Waals surface area contributed by atoms with Crippen LogP contribution in [-0.2, 0) is 20.7 Å². The van der Waals surface area contributed by atoms with Gasteiger partial charge < -0.3 is 15.0 Å². The molecule has 6 heteroatoms. The maximum atomic E-state index is 12.6. The van der Waals surface area contributed by atoms with Gasteiger partial charge in [-0.05, 0) is 49.1 Å². The van der Waals surface area contributed by atoms with Gasteiger partial charge in [0.15, 0.2) is 0 Å². The number of carbonyl (C=O) groups excluding carboxylic acids is 3. The van der Waals surface area contributed by atoms with Crippen LogP contribution in [0, 0.1) is 12.8 Å². The summed E-state index contributed by atoms with van der Waals surface area (Å²) in [5.41, 5.74) is 3.12. The number of likely N-dealkylation sites (tertiary alicyclic amines) is 1. The maximum absolute atomic E-state index is 12.6. The minimum Gasteiger partial charge on any atom is -0.465 e. The molecule has 1 aliphatic heterocycles. The van der Waals surface area contributed by atoms with Crippen LogP contribution in [0.2, 0.25) is 0 Å². The van der Waals surface area contributed by atoms with Crippen LogP contribution in [0.1, 0.15) is 34.3 Å². The molecule has 0 saturated carbocycles. The van der Waals surface area contributed by atoms with Gasteiger partial charge in [0, 0.05) is 24.7 Å². The normalized spacial score (nSPS) is 14.3. The highest BCUT2D eigenvalue weighted by Gasteiger charge is 2.27. The summed E-state index contributed by atoms with van der Waals surface area (Å²) in [7, 11) is 1.32. The highest BCUT2D eigenvalue weighted by atomic mass is 16.5. The van der Waals surface area contributed by atoms with Crippen molar-refractivity contribution in [1.29, 1.82) is 0 Å². The monoisotopic (exact) mass is 394 g/mol. The summed E-state index contributed by atoms with van der Waals surface area (Å²) in [5.74, 6) is -0.581. The fourth-order valence-electron chi connectivity index (χ4n) is 3.56. The van der Waals surface area contributed by atoms with Gasteiger partial charge in [0.2, 0.25) is 11.8 Å². The molecule has 1 fully saturated rings. The van der Waals surface area contributed by atoms with Crippen molar-refractivity contribution in [3.63, 3.8) is 0 Å². The van der Waals surface area contributed by atoms with Crippen LogP contribution in [0.3, 0.4) is 0 Å². The van der Waals surface area contributed by atoms with Crippen molar-refractivity contribution in [2.45, 2.75) is 26.2 Å². The van der Waals surface area contributed by atoms with Gasteiger partial charge in [-0.1, -0.05) is 30.3 Å². The molecule has 6 nitrogen and oxygen atoms in total. The van der Waals surface area contributed by atoms with E-state index in [1.807, 2.05) is 36.1 Å². The molecule has 0 unspecified atom stereocenters. The van der Waals surface area contributed by atoms with Crippen LogP contribution in [0.25, 0.3) is 0 Å². The van der Waals surface area contributed by atoms with Crippen LogP contribution in [0.15, 0.2) is 48.5 Å². The van der Waals surface area contributed by atoms with E-state index in [-0.39, 0.29) is 17.7 Å². The van der Waals surface area contributed by atoms with Crippen LogP contribution in [-0.4, -0.2) is 42.9 Å². The number of methoxy groups -OCH3 is 1. The topological polar surface area (TPSA) is 75.7 Å². The first kappa shape index (κ1) is 20.6. The third-order valence-electron chi connectivity index (χ3n) is 5.37. The Kier molecular flexibility index (Phi) is 6.65. The number of aryl methyl sites for hydroxylation is 1. The van der Waals surface area contributed by atoms with Crippen LogP contribution >= 0.6 is 0 Å². The Labute approximate surface area is 170 Å². The zero-order valence-corrected chi connectivity index (χ0v) is 16.8. The molecular formula is C23H26N2O4. The van der Waals surface area contributed by atoms with Gasteiger partial charge in [-0.15, -0.1) is 0 Å². The van der Waals surface area contributed by atoms with E-state index in [1.54, 1.807) is 24.3 Å². The fraction of sp³-hybridized carbons (Fsp3) is 0.348. The van der Waals surface area contributed by atoms with E-state index in [0.29, 0.717) is 43.6 Å². The number of nitrogens with one attached hydrogen (secondary N) is 1. The molecule has 0 spiro atoms. The van der Waals surface area contributed by atoms with Crippen LogP contribution in [0.4, 0.5) is 5.69 Å². The second-order valence-corrected chi connectivity index (χ2v) is 7.32. The van der Waals surface area contributed by atoms with Gasteiger partial charge in [0.25, 0.3) is 0 Å². The average Bonchev–Trinajstić information content (AvgIpc) is 2.75. The zero-order valence-electron chi connectivity index (χ0n) is 16.8. The molecule has 1 aliphatic rings. The van der Waals surface area contributed by atoms with Crippen molar-refractivity contribution in [3.05, 3.63) is 65.2 Å². The summed E-state index contributed by atoms with van der Waals surface area (Å²) in [6, 6.07) is 14.6. The number of benzene rings is 2. The number of piperidine rings is 1. The van der Waals surface area contributed by atoms with Crippen molar-refractivity contribution in [3.8, 4) is 0 Å². The number of nitrogens with zero attached hydrogens (tertiary/aromatic N) is 1. The van der Waals surface area contributed by atoms with Crippen molar-refractivity contribution in [2.24, 2.45) is 5.92 Å². The quantitative estimate of drug-likeness (QED) is 0.790. The van der Waals surface area contributed by atoms with Gasteiger partial charge in [-0.2, -0.15) is 0 Å². The Balaban J connectivity index is 1.52. The molecular weight excluding hydrogens is 368 g/mol. The minimum atomic E-state index is -0.443. The zero-order chi connectivity index (χ0) is 20.8. The standard InChI is InChI=1S/C23H26N2O4/c1-16-6-3-4-7-18(16)15-21(26)25-12-10-17(11-13-25)22(27)24-20-9-5-8-19(14-20)23(28)29-2/h3-9,14,17H,10-13,15H2,1-2H3,(H,24,27). The number of esters is 1. The summed E-state index contributed by atoms with van der Waals surface area (Å²) in [4.78, 5) is 38.7. The van der Waals surface area contributed by atoms with Crippen molar-refractivity contribution < 1.29 is 19.1 Å². The Bertz CT molecular complexity index is 901. The first-order valence-corrected chi connectivity index (χ1v) is 9.79. The largest absolute Gasteiger partial charge is 0.465 e. The van der Waals surface area contributed by atoms with Crippen molar-refractivity contribution in [2.75, 3.05) is 25.5 Å². The molecule has 1 saturated heterocycles. The van der Waals surface area contributed by atoms with E-state index >= 15 is 0 Å². The summed E-state index contributed by atoms with van der Waals surface area (Å²) in [5, 5.41) is 2.87. The van der Waals surface area contributed by atoms with Crippen molar-refractivity contribution >= 4 is 23.5 Å². The third kappa shape index (κ3) is 5.22. The van der Waals surface area contributed by atoms with E-state index < -0.39 is 5.97 Å². The third-order valence-corrected chi connectivity index (χ3v) is 5.37. The van der Waals surface area contributed by atoms with E-state index in [1.165, 1.54) is 7.11 Å². The van der Waals surface area contributed by atoms with Crippen molar-refractivity contribution in [1.82, 2.24) is 4.90 Å². The number of amides is 2. The molecule has 0 radical (unpaired) electrons. The number of ether oxygens (including phenoxy) is 1. The number of anilines is 1.